The Balaban J connectivity index is 2.25. The first kappa shape index (κ1) is 13.4. The molecule has 1 aliphatic heterocycles. The standard InChI is InChI=1S/C14H24N2O2/c1-13(2,3)11-12(18)16(8-10(17)15-11)14(4,5)9-6-7-9/h9,11H,6-8H2,1-5H3,(H,15,17). The van der Waals surface area contributed by atoms with Gasteiger partial charge in [0.05, 0.1) is 0 Å². The van der Waals surface area contributed by atoms with Crippen molar-refractivity contribution in [2.75, 3.05) is 6.54 Å². The third kappa shape index (κ3) is 2.25. The summed E-state index contributed by atoms with van der Waals surface area (Å²) in [5, 5.41) is 2.84. The van der Waals surface area contributed by atoms with Crippen LogP contribution in [-0.4, -0.2) is 34.8 Å². The van der Waals surface area contributed by atoms with Crippen LogP contribution < -0.4 is 5.32 Å². The van der Waals surface area contributed by atoms with E-state index in [0.29, 0.717) is 5.92 Å². The van der Waals surface area contributed by atoms with Crippen molar-refractivity contribution in [3.63, 3.8) is 0 Å². The van der Waals surface area contributed by atoms with Crippen molar-refractivity contribution in [3.05, 3.63) is 0 Å². The number of rotatable bonds is 2. The van der Waals surface area contributed by atoms with E-state index in [1.807, 2.05) is 20.8 Å². The van der Waals surface area contributed by atoms with Crippen LogP contribution in [0.4, 0.5) is 0 Å². The Bertz CT molecular complexity index is 378. The van der Waals surface area contributed by atoms with E-state index in [1.54, 1.807) is 4.90 Å². The second-order valence-corrected chi connectivity index (χ2v) is 7.22. The minimum atomic E-state index is -0.406. The minimum Gasteiger partial charge on any atom is -0.342 e. The predicted octanol–water partition coefficient (Wildman–Crippen LogP) is 1.55. The van der Waals surface area contributed by atoms with Gasteiger partial charge in [-0.2, -0.15) is 0 Å². The molecule has 4 nitrogen and oxygen atoms in total. The first-order valence-electron chi connectivity index (χ1n) is 6.75. The lowest BCUT2D eigenvalue weighted by Gasteiger charge is -2.46. The molecule has 1 aliphatic carbocycles. The molecule has 102 valence electrons. The van der Waals surface area contributed by atoms with E-state index in [1.165, 1.54) is 12.8 Å². The highest BCUT2D eigenvalue weighted by Crippen LogP contribution is 2.43. The maximum absolute atomic E-state index is 12.6. The van der Waals surface area contributed by atoms with E-state index < -0.39 is 6.04 Å². The van der Waals surface area contributed by atoms with Crippen molar-refractivity contribution in [2.24, 2.45) is 11.3 Å². The lowest BCUT2D eigenvalue weighted by atomic mass is 9.83. The molecule has 0 aromatic carbocycles. The lowest BCUT2D eigenvalue weighted by Crippen LogP contribution is -2.67. The van der Waals surface area contributed by atoms with Crippen molar-refractivity contribution in [3.8, 4) is 0 Å². The van der Waals surface area contributed by atoms with Crippen molar-refractivity contribution >= 4 is 11.8 Å². The molecule has 4 heteroatoms. The highest BCUT2D eigenvalue weighted by molar-refractivity contribution is 5.95. The van der Waals surface area contributed by atoms with E-state index in [4.69, 9.17) is 0 Å². The summed E-state index contributed by atoms with van der Waals surface area (Å²) < 4.78 is 0. The van der Waals surface area contributed by atoms with E-state index in [2.05, 4.69) is 19.2 Å². The van der Waals surface area contributed by atoms with Gasteiger partial charge in [-0.25, -0.2) is 0 Å². The number of nitrogens with zero attached hydrogens (tertiary/aromatic N) is 1. The molecule has 0 radical (unpaired) electrons. The number of carbonyl (C=O) groups excluding carboxylic acids is 2. The molecule has 1 atom stereocenters. The van der Waals surface area contributed by atoms with Crippen LogP contribution in [-0.2, 0) is 9.59 Å². The van der Waals surface area contributed by atoms with Gasteiger partial charge < -0.3 is 10.2 Å². The molecule has 1 N–H and O–H groups in total. The van der Waals surface area contributed by atoms with Gasteiger partial charge in [-0.1, -0.05) is 20.8 Å². The SMILES string of the molecule is CC(C)(C)C1NC(=O)CN(C(C)(C)C2CC2)C1=O. The fourth-order valence-electron chi connectivity index (χ4n) is 2.73. The molecule has 1 saturated carbocycles. The number of hydrogen-bond donors (Lipinski definition) is 1. The summed E-state index contributed by atoms with van der Waals surface area (Å²) in [6.45, 7) is 10.3. The van der Waals surface area contributed by atoms with Crippen LogP contribution in [0.2, 0.25) is 0 Å². The number of carbonyl (C=O) groups is 2. The van der Waals surface area contributed by atoms with Gasteiger partial charge in [-0.3, -0.25) is 9.59 Å². The number of hydrogen-bond acceptors (Lipinski definition) is 2. The van der Waals surface area contributed by atoms with Crippen LogP contribution in [0.5, 0.6) is 0 Å². The van der Waals surface area contributed by atoms with Crippen LogP contribution in [0.1, 0.15) is 47.5 Å². The average Bonchev–Trinajstić information content (AvgIpc) is 3.02. The number of nitrogens with one attached hydrogen (secondary N) is 1. The minimum absolute atomic E-state index is 0.0387. The van der Waals surface area contributed by atoms with Crippen molar-refractivity contribution < 1.29 is 9.59 Å². The first-order valence-corrected chi connectivity index (χ1v) is 6.75. The third-order valence-electron chi connectivity index (χ3n) is 4.26. The Morgan fingerprint density at radius 3 is 2.11 bits per heavy atom. The fourth-order valence-corrected chi connectivity index (χ4v) is 2.73. The fraction of sp³-hybridized carbons (Fsp3) is 0.857. The van der Waals surface area contributed by atoms with Gasteiger partial charge in [0.2, 0.25) is 11.8 Å². The van der Waals surface area contributed by atoms with Gasteiger partial charge in [0.15, 0.2) is 0 Å². The summed E-state index contributed by atoms with van der Waals surface area (Å²) in [5.41, 5.74) is -0.441. The molecule has 0 bridgehead atoms. The van der Waals surface area contributed by atoms with Crippen molar-refractivity contribution in [2.45, 2.75) is 59.0 Å². The third-order valence-corrected chi connectivity index (χ3v) is 4.26. The lowest BCUT2D eigenvalue weighted by molar-refractivity contribution is -0.153. The first-order chi connectivity index (χ1) is 8.14. The summed E-state index contributed by atoms with van der Waals surface area (Å²) in [7, 11) is 0. The maximum Gasteiger partial charge on any atom is 0.246 e. The highest BCUT2D eigenvalue weighted by atomic mass is 16.2. The van der Waals surface area contributed by atoms with Crippen molar-refractivity contribution in [1.29, 1.82) is 0 Å². The maximum atomic E-state index is 12.6. The molecule has 2 amide bonds. The van der Waals surface area contributed by atoms with Gasteiger partial charge in [0.25, 0.3) is 0 Å². The molecule has 0 aromatic rings. The summed E-state index contributed by atoms with van der Waals surface area (Å²) in [6, 6.07) is -0.406. The van der Waals surface area contributed by atoms with Crippen molar-refractivity contribution in [1.82, 2.24) is 10.2 Å². The molecule has 1 saturated heterocycles. The second-order valence-electron chi connectivity index (χ2n) is 7.22. The summed E-state index contributed by atoms with van der Waals surface area (Å²) in [5.74, 6) is 0.579. The largest absolute Gasteiger partial charge is 0.342 e. The molecular weight excluding hydrogens is 228 g/mol. The van der Waals surface area contributed by atoms with E-state index in [-0.39, 0.29) is 29.3 Å². The predicted molar refractivity (Wildman–Crippen MR) is 69.9 cm³/mol. The topological polar surface area (TPSA) is 49.4 Å². The number of piperazine rings is 1. The van der Waals surface area contributed by atoms with Gasteiger partial charge >= 0.3 is 0 Å². The van der Waals surface area contributed by atoms with Crippen LogP contribution in [0.3, 0.4) is 0 Å². The van der Waals surface area contributed by atoms with Gasteiger partial charge in [0.1, 0.15) is 12.6 Å². The summed E-state index contributed by atoms with van der Waals surface area (Å²) in [4.78, 5) is 26.3. The summed E-state index contributed by atoms with van der Waals surface area (Å²) in [6.07, 6.45) is 2.33. The molecule has 1 unspecified atom stereocenters. The molecule has 2 aliphatic rings. The smallest absolute Gasteiger partial charge is 0.246 e. The zero-order chi connectivity index (χ0) is 13.7. The second kappa shape index (κ2) is 3.97. The molecule has 2 rings (SSSR count). The molecule has 18 heavy (non-hydrogen) atoms. The van der Waals surface area contributed by atoms with Gasteiger partial charge in [-0.15, -0.1) is 0 Å². The van der Waals surface area contributed by atoms with E-state index in [9.17, 15) is 9.59 Å². The van der Waals surface area contributed by atoms with Crippen LogP contribution in [0, 0.1) is 11.3 Å². The van der Waals surface area contributed by atoms with Gasteiger partial charge in [0, 0.05) is 5.54 Å². The highest BCUT2D eigenvalue weighted by Gasteiger charge is 2.49. The number of amides is 2. The van der Waals surface area contributed by atoms with E-state index >= 15 is 0 Å². The Hall–Kier alpha value is -1.06. The van der Waals surface area contributed by atoms with E-state index in [0.717, 1.165) is 0 Å². The average molecular weight is 252 g/mol. The summed E-state index contributed by atoms with van der Waals surface area (Å²) >= 11 is 0. The Labute approximate surface area is 109 Å². The van der Waals surface area contributed by atoms with Crippen LogP contribution in [0.15, 0.2) is 0 Å². The molecular formula is C14H24N2O2. The quantitative estimate of drug-likeness (QED) is 0.810. The zero-order valence-corrected chi connectivity index (χ0v) is 12.0. The zero-order valence-electron chi connectivity index (χ0n) is 12.0. The Morgan fingerprint density at radius 2 is 1.67 bits per heavy atom. The Kier molecular flexibility index (Phi) is 2.95. The van der Waals surface area contributed by atoms with Crippen LogP contribution >= 0.6 is 0 Å². The normalized spacial score (nSPS) is 26.3. The Morgan fingerprint density at radius 1 is 1.11 bits per heavy atom. The van der Waals surface area contributed by atoms with Gasteiger partial charge in [-0.05, 0) is 38.0 Å². The molecule has 0 spiro atoms. The molecule has 2 fully saturated rings. The monoisotopic (exact) mass is 252 g/mol. The molecule has 0 aromatic heterocycles. The van der Waals surface area contributed by atoms with Crippen LogP contribution in [0.25, 0.3) is 0 Å². The molecule has 1 heterocycles.